The number of aryl methyl sites for hydroxylation is 1. The Balaban J connectivity index is 2.36. The van der Waals surface area contributed by atoms with Crippen molar-refractivity contribution in [3.05, 3.63) is 16.1 Å². The van der Waals surface area contributed by atoms with Crippen molar-refractivity contribution >= 4 is 11.3 Å². The second-order valence-electron chi connectivity index (χ2n) is 2.66. The van der Waals surface area contributed by atoms with Crippen LogP contribution in [-0.4, -0.2) is 18.7 Å². The quantitative estimate of drug-likeness (QED) is 0.674. The molecule has 0 aliphatic heterocycles. The first-order valence-corrected chi connectivity index (χ1v) is 5.04. The zero-order valence-corrected chi connectivity index (χ0v) is 8.43. The number of rotatable bonds is 5. The maximum absolute atomic E-state index is 8.44. The molecule has 0 spiro atoms. The number of nitrogens with zero attached hydrogens (tertiary/aromatic N) is 2. The normalized spacial score (nSPS) is 9.85. The molecule has 0 bridgehead atoms. The number of methoxy groups -OCH3 is 1. The second-order valence-corrected chi connectivity index (χ2v) is 3.61. The van der Waals surface area contributed by atoms with Crippen LogP contribution < -0.4 is 0 Å². The number of thiazole rings is 1. The van der Waals surface area contributed by atoms with Crippen LogP contribution >= 0.6 is 11.3 Å². The summed E-state index contributed by atoms with van der Waals surface area (Å²) in [5, 5.41) is 11.5. The van der Waals surface area contributed by atoms with Crippen LogP contribution in [0.4, 0.5) is 0 Å². The fraction of sp³-hybridized carbons (Fsp3) is 0.556. The van der Waals surface area contributed by atoms with Gasteiger partial charge in [-0.25, -0.2) is 4.98 Å². The molecule has 0 fully saturated rings. The highest BCUT2D eigenvalue weighted by molar-refractivity contribution is 7.09. The van der Waals surface area contributed by atoms with E-state index < -0.39 is 0 Å². The van der Waals surface area contributed by atoms with E-state index in [-0.39, 0.29) is 0 Å². The van der Waals surface area contributed by atoms with E-state index in [4.69, 9.17) is 10.00 Å². The monoisotopic (exact) mass is 196 g/mol. The summed E-state index contributed by atoms with van der Waals surface area (Å²) < 4.78 is 4.94. The minimum atomic E-state index is 0.417. The van der Waals surface area contributed by atoms with Gasteiger partial charge in [-0.3, -0.25) is 0 Å². The minimum absolute atomic E-state index is 0.417. The summed E-state index contributed by atoms with van der Waals surface area (Å²) in [6, 6.07) is 2.08. The standard InChI is InChI=1S/C9H12N2OS/c1-12-6-2-3-9-11-8(4-5-10)7-13-9/h7H,2-4,6H2,1H3. The fourth-order valence-electron chi connectivity index (χ4n) is 0.994. The van der Waals surface area contributed by atoms with Gasteiger partial charge >= 0.3 is 0 Å². The van der Waals surface area contributed by atoms with Crippen LogP contribution in [-0.2, 0) is 17.6 Å². The van der Waals surface area contributed by atoms with Crippen molar-refractivity contribution in [1.82, 2.24) is 4.98 Å². The van der Waals surface area contributed by atoms with Gasteiger partial charge in [-0.15, -0.1) is 11.3 Å². The van der Waals surface area contributed by atoms with Crippen molar-refractivity contribution in [2.45, 2.75) is 19.3 Å². The van der Waals surface area contributed by atoms with Crippen LogP contribution in [0.5, 0.6) is 0 Å². The van der Waals surface area contributed by atoms with E-state index in [1.54, 1.807) is 18.4 Å². The predicted octanol–water partition coefficient (Wildman–Crippen LogP) is 1.79. The van der Waals surface area contributed by atoms with Crippen molar-refractivity contribution in [2.24, 2.45) is 0 Å². The predicted molar refractivity (Wildman–Crippen MR) is 51.6 cm³/mol. The zero-order valence-electron chi connectivity index (χ0n) is 7.62. The maximum Gasteiger partial charge on any atom is 0.0929 e. The van der Waals surface area contributed by atoms with E-state index in [2.05, 4.69) is 11.1 Å². The Morgan fingerprint density at radius 1 is 1.69 bits per heavy atom. The van der Waals surface area contributed by atoms with E-state index in [0.717, 1.165) is 30.2 Å². The van der Waals surface area contributed by atoms with Gasteiger partial charge in [0.05, 0.1) is 23.2 Å². The smallest absolute Gasteiger partial charge is 0.0929 e. The number of nitriles is 1. The van der Waals surface area contributed by atoms with Crippen molar-refractivity contribution in [1.29, 1.82) is 5.26 Å². The Labute approximate surface area is 82.0 Å². The maximum atomic E-state index is 8.44. The lowest BCUT2D eigenvalue weighted by Gasteiger charge is -1.94. The highest BCUT2D eigenvalue weighted by Crippen LogP contribution is 2.11. The van der Waals surface area contributed by atoms with Gasteiger partial charge in [0.15, 0.2) is 0 Å². The van der Waals surface area contributed by atoms with Gasteiger partial charge < -0.3 is 4.74 Å². The van der Waals surface area contributed by atoms with E-state index in [1.165, 1.54) is 0 Å². The first-order chi connectivity index (χ1) is 6.36. The summed E-state index contributed by atoms with van der Waals surface area (Å²) in [6.07, 6.45) is 2.36. The van der Waals surface area contributed by atoms with Gasteiger partial charge in [0.1, 0.15) is 0 Å². The molecule has 3 nitrogen and oxygen atoms in total. The van der Waals surface area contributed by atoms with Crippen LogP contribution in [0.3, 0.4) is 0 Å². The molecule has 0 unspecified atom stereocenters. The SMILES string of the molecule is COCCCc1nc(CC#N)cs1. The summed E-state index contributed by atoms with van der Waals surface area (Å²) in [5.74, 6) is 0. The summed E-state index contributed by atoms with van der Waals surface area (Å²) in [6.45, 7) is 0.771. The minimum Gasteiger partial charge on any atom is -0.385 e. The second kappa shape index (κ2) is 5.68. The topological polar surface area (TPSA) is 45.9 Å². The Bertz CT molecular complexity index is 290. The Morgan fingerprint density at radius 3 is 3.23 bits per heavy atom. The molecule has 1 heterocycles. The third-order valence-electron chi connectivity index (χ3n) is 1.60. The van der Waals surface area contributed by atoms with E-state index >= 15 is 0 Å². The first-order valence-electron chi connectivity index (χ1n) is 4.16. The molecule has 0 N–H and O–H groups in total. The number of hydrogen-bond acceptors (Lipinski definition) is 4. The van der Waals surface area contributed by atoms with Crippen molar-refractivity contribution < 1.29 is 4.74 Å². The molecule has 1 aromatic heterocycles. The van der Waals surface area contributed by atoms with Crippen molar-refractivity contribution in [3.8, 4) is 6.07 Å². The van der Waals surface area contributed by atoms with Crippen LogP contribution in [0.15, 0.2) is 5.38 Å². The summed E-state index contributed by atoms with van der Waals surface area (Å²) in [4.78, 5) is 4.31. The molecule has 4 heteroatoms. The Morgan fingerprint density at radius 2 is 2.54 bits per heavy atom. The average Bonchev–Trinajstić information content (AvgIpc) is 2.54. The van der Waals surface area contributed by atoms with Gasteiger partial charge in [0.2, 0.25) is 0 Å². The molecule has 0 aliphatic carbocycles. The van der Waals surface area contributed by atoms with Gasteiger partial charge in [-0.05, 0) is 6.42 Å². The van der Waals surface area contributed by atoms with Crippen molar-refractivity contribution in [2.75, 3.05) is 13.7 Å². The van der Waals surface area contributed by atoms with Crippen LogP contribution in [0, 0.1) is 11.3 Å². The third-order valence-corrected chi connectivity index (χ3v) is 2.56. The van der Waals surface area contributed by atoms with Crippen LogP contribution in [0.1, 0.15) is 17.1 Å². The molecular weight excluding hydrogens is 184 g/mol. The highest BCUT2D eigenvalue weighted by atomic mass is 32.1. The molecule has 0 aliphatic rings. The number of aromatic nitrogens is 1. The van der Waals surface area contributed by atoms with Crippen LogP contribution in [0.25, 0.3) is 0 Å². The van der Waals surface area contributed by atoms with E-state index in [9.17, 15) is 0 Å². The van der Waals surface area contributed by atoms with Gasteiger partial charge in [-0.2, -0.15) is 5.26 Å². The molecule has 0 saturated heterocycles. The summed E-state index contributed by atoms with van der Waals surface area (Å²) in [7, 11) is 1.70. The zero-order chi connectivity index (χ0) is 9.52. The lowest BCUT2D eigenvalue weighted by Crippen LogP contribution is -1.92. The third kappa shape index (κ3) is 3.53. The molecule has 0 amide bonds. The van der Waals surface area contributed by atoms with Gasteiger partial charge in [0.25, 0.3) is 0 Å². The summed E-state index contributed by atoms with van der Waals surface area (Å²) >= 11 is 1.62. The first kappa shape index (κ1) is 10.2. The highest BCUT2D eigenvalue weighted by Gasteiger charge is 2.00. The van der Waals surface area contributed by atoms with E-state index in [0.29, 0.717) is 6.42 Å². The molecule has 0 atom stereocenters. The fourth-order valence-corrected chi connectivity index (χ4v) is 1.83. The molecule has 13 heavy (non-hydrogen) atoms. The molecular formula is C9H12N2OS. The van der Waals surface area contributed by atoms with Gasteiger partial charge in [-0.1, -0.05) is 0 Å². The number of hydrogen-bond donors (Lipinski definition) is 0. The average molecular weight is 196 g/mol. The van der Waals surface area contributed by atoms with E-state index in [1.807, 2.05) is 5.38 Å². The molecule has 0 aromatic carbocycles. The molecule has 0 saturated carbocycles. The molecule has 1 rings (SSSR count). The molecule has 70 valence electrons. The lowest BCUT2D eigenvalue weighted by atomic mass is 10.3. The van der Waals surface area contributed by atoms with Gasteiger partial charge in [0, 0.05) is 25.5 Å². The number of ether oxygens (including phenoxy) is 1. The Hall–Kier alpha value is -0.920. The lowest BCUT2D eigenvalue weighted by molar-refractivity contribution is 0.195. The Kier molecular flexibility index (Phi) is 4.44. The molecule has 0 radical (unpaired) electrons. The largest absolute Gasteiger partial charge is 0.385 e. The van der Waals surface area contributed by atoms with Crippen molar-refractivity contribution in [3.63, 3.8) is 0 Å². The van der Waals surface area contributed by atoms with Crippen LogP contribution in [0.2, 0.25) is 0 Å². The molecule has 1 aromatic rings. The summed E-state index contributed by atoms with van der Waals surface area (Å²) in [5.41, 5.74) is 0.889.